The van der Waals surface area contributed by atoms with Gasteiger partial charge in [-0.3, -0.25) is 0 Å². The number of benzene rings is 4. The number of halogens is 1. The third-order valence-corrected chi connectivity index (χ3v) is 7.31. The molecule has 1 aromatic heterocycles. The predicted molar refractivity (Wildman–Crippen MR) is 158 cm³/mol. The monoisotopic (exact) mass is 519 g/mol. The van der Waals surface area contributed by atoms with E-state index in [9.17, 15) is 0 Å². The van der Waals surface area contributed by atoms with Crippen LogP contribution in [-0.4, -0.2) is 19.2 Å². The number of hydrogen-bond acceptors (Lipinski definition) is 3. The van der Waals surface area contributed by atoms with Crippen molar-refractivity contribution in [3.63, 3.8) is 0 Å². The third-order valence-electron chi connectivity index (χ3n) is 7.06. The fraction of sp³-hybridized carbons (Fsp3) is 0.147. The SMILES string of the molecule is C=CCC(c1cccc2ccccc12)C(c1ccccc1)c1cc(-c2ccc(Cl)cc2)c(OC)nc1OC. The molecule has 5 rings (SSSR count). The van der Waals surface area contributed by atoms with E-state index in [0.717, 1.165) is 23.1 Å². The molecule has 2 atom stereocenters. The number of fused-ring (bicyclic) bond motifs is 1. The summed E-state index contributed by atoms with van der Waals surface area (Å²) in [5.74, 6) is 1.08. The smallest absolute Gasteiger partial charge is 0.224 e. The van der Waals surface area contributed by atoms with Gasteiger partial charge in [0.15, 0.2) is 0 Å². The van der Waals surface area contributed by atoms with Gasteiger partial charge < -0.3 is 9.47 Å². The van der Waals surface area contributed by atoms with Gasteiger partial charge in [-0.05, 0) is 58.0 Å². The minimum Gasteiger partial charge on any atom is -0.481 e. The maximum atomic E-state index is 6.20. The van der Waals surface area contributed by atoms with Crippen LogP contribution < -0.4 is 9.47 Å². The number of nitrogens with zero attached hydrogens (tertiary/aromatic N) is 1. The van der Waals surface area contributed by atoms with E-state index < -0.39 is 0 Å². The number of pyridine rings is 1. The summed E-state index contributed by atoms with van der Waals surface area (Å²) in [6, 6.07) is 35.5. The summed E-state index contributed by atoms with van der Waals surface area (Å²) in [7, 11) is 3.29. The Bertz CT molecular complexity index is 1540. The number of rotatable bonds is 9. The van der Waals surface area contributed by atoms with Crippen LogP contribution in [-0.2, 0) is 0 Å². The van der Waals surface area contributed by atoms with Crippen molar-refractivity contribution in [3.05, 3.63) is 137 Å². The molecule has 38 heavy (non-hydrogen) atoms. The molecule has 0 aliphatic carbocycles. The molecule has 5 aromatic rings. The van der Waals surface area contributed by atoms with E-state index in [0.29, 0.717) is 16.8 Å². The van der Waals surface area contributed by atoms with Crippen LogP contribution in [0.1, 0.15) is 34.9 Å². The standard InChI is InChI=1S/C34H30ClNO2/c1-4-11-29(28-17-10-15-23-12-8-9-16-27(23)28)32(25-13-6-5-7-14-25)31-22-30(24-18-20-26(35)21-19-24)33(37-2)36-34(31)38-3/h4-10,12-22,29,32H,1,11H2,2-3H3. The molecule has 4 aromatic carbocycles. The maximum Gasteiger partial charge on any atom is 0.224 e. The first-order chi connectivity index (χ1) is 18.6. The minimum atomic E-state index is -0.0561. The molecule has 4 heteroatoms. The molecular formula is C34H30ClNO2. The Hall–Kier alpha value is -4.08. The van der Waals surface area contributed by atoms with Gasteiger partial charge in [0.2, 0.25) is 11.8 Å². The van der Waals surface area contributed by atoms with Gasteiger partial charge in [0.1, 0.15) is 0 Å². The molecule has 0 saturated heterocycles. The lowest BCUT2D eigenvalue weighted by atomic mass is 9.74. The van der Waals surface area contributed by atoms with Gasteiger partial charge in [-0.2, -0.15) is 4.98 Å². The lowest BCUT2D eigenvalue weighted by molar-refractivity contribution is 0.359. The zero-order chi connectivity index (χ0) is 26.5. The lowest BCUT2D eigenvalue weighted by Gasteiger charge is -2.30. The second-order valence-corrected chi connectivity index (χ2v) is 9.67. The second-order valence-electron chi connectivity index (χ2n) is 9.24. The summed E-state index contributed by atoms with van der Waals surface area (Å²) in [5.41, 5.74) is 5.29. The van der Waals surface area contributed by atoms with Crippen molar-refractivity contribution in [2.75, 3.05) is 14.2 Å². The van der Waals surface area contributed by atoms with Crippen LogP contribution in [0.5, 0.6) is 11.8 Å². The molecular weight excluding hydrogens is 490 g/mol. The van der Waals surface area contributed by atoms with Crippen molar-refractivity contribution < 1.29 is 9.47 Å². The second kappa shape index (κ2) is 11.5. The summed E-state index contributed by atoms with van der Waals surface area (Å²) < 4.78 is 11.6. The number of methoxy groups -OCH3 is 2. The van der Waals surface area contributed by atoms with Crippen LogP contribution in [0, 0.1) is 0 Å². The quantitative estimate of drug-likeness (QED) is 0.182. The van der Waals surface area contributed by atoms with Gasteiger partial charge in [0.25, 0.3) is 0 Å². The zero-order valence-electron chi connectivity index (χ0n) is 21.6. The number of ether oxygens (including phenoxy) is 2. The third kappa shape index (κ3) is 5.03. The average Bonchev–Trinajstić information content (AvgIpc) is 2.97. The van der Waals surface area contributed by atoms with Crippen molar-refractivity contribution in [1.82, 2.24) is 4.98 Å². The van der Waals surface area contributed by atoms with Gasteiger partial charge in [-0.1, -0.05) is 103 Å². The van der Waals surface area contributed by atoms with Crippen LogP contribution in [0.2, 0.25) is 5.02 Å². The topological polar surface area (TPSA) is 31.4 Å². The van der Waals surface area contributed by atoms with Crippen LogP contribution in [0.4, 0.5) is 0 Å². The minimum absolute atomic E-state index is 0.0561. The highest BCUT2D eigenvalue weighted by molar-refractivity contribution is 6.30. The summed E-state index contributed by atoms with van der Waals surface area (Å²) in [4.78, 5) is 4.85. The highest BCUT2D eigenvalue weighted by atomic mass is 35.5. The van der Waals surface area contributed by atoms with Gasteiger partial charge in [-0.25, -0.2) is 0 Å². The van der Waals surface area contributed by atoms with Gasteiger partial charge >= 0.3 is 0 Å². The average molecular weight is 520 g/mol. The first-order valence-corrected chi connectivity index (χ1v) is 13.0. The first kappa shape index (κ1) is 25.6. The Balaban J connectivity index is 1.79. The first-order valence-electron chi connectivity index (χ1n) is 12.7. The highest BCUT2D eigenvalue weighted by Gasteiger charge is 2.31. The Morgan fingerprint density at radius 2 is 1.47 bits per heavy atom. The molecule has 0 aliphatic rings. The highest BCUT2D eigenvalue weighted by Crippen LogP contribution is 2.47. The summed E-state index contributed by atoms with van der Waals surface area (Å²) in [5, 5.41) is 3.13. The predicted octanol–water partition coefficient (Wildman–Crippen LogP) is 9.06. The van der Waals surface area contributed by atoms with Crippen LogP contribution in [0.15, 0.2) is 116 Å². The molecule has 1 heterocycles. The summed E-state index contributed by atoms with van der Waals surface area (Å²) in [6.07, 6.45) is 2.78. The van der Waals surface area contributed by atoms with Crippen molar-refractivity contribution in [3.8, 4) is 22.9 Å². The summed E-state index contributed by atoms with van der Waals surface area (Å²) >= 11 is 6.20. The number of aromatic nitrogens is 1. The zero-order valence-corrected chi connectivity index (χ0v) is 22.4. The maximum absolute atomic E-state index is 6.20. The van der Waals surface area contributed by atoms with E-state index >= 15 is 0 Å². The molecule has 0 radical (unpaired) electrons. The van der Waals surface area contributed by atoms with Gasteiger partial charge in [-0.15, -0.1) is 6.58 Å². The molecule has 3 nitrogen and oxygen atoms in total. The molecule has 0 amide bonds. The lowest BCUT2D eigenvalue weighted by Crippen LogP contribution is -2.15. The number of allylic oxidation sites excluding steroid dienone is 1. The van der Waals surface area contributed by atoms with Crippen LogP contribution in [0.3, 0.4) is 0 Å². The van der Waals surface area contributed by atoms with E-state index in [1.54, 1.807) is 14.2 Å². The van der Waals surface area contributed by atoms with Gasteiger partial charge in [0, 0.05) is 22.1 Å². The normalized spacial score (nSPS) is 12.6. The fourth-order valence-corrected chi connectivity index (χ4v) is 5.49. The van der Waals surface area contributed by atoms with E-state index in [1.165, 1.54) is 21.9 Å². The van der Waals surface area contributed by atoms with Gasteiger partial charge in [0.05, 0.1) is 14.2 Å². The molecule has 2 unspecified atom stereocenters. The number of hydrogen-bond donors (Lipinski definition) is 0. The van der Waals surface area contributed by atoms with Crippen molar-refractivity contribution in [2.24, 2.45) is 0 Å². The Kier molecular flexibility index (Phi) is 7.76. The van der Waals surface area contributed by atoms with Crippen molar-refractivity contribution >= 4 is 22.4 Å². The van der Waals surface area contributed by atoms with Crippen LogP contribution >= 0.6 is 11.6 Å². The van der Waals surface area contributed by atoms with Crippen molar-refractivity contribution in [1.29, 1.82) is 0 Å². The van der Waals surface area contributed by atoms with Crippen LogP contribution in [0.25, 0.3) is 21.9 Å². The molecule has 0 saturated carbocycles. The Morgan fingerprint density at radius 1 is 0.789 bits per heavy atom. The van der Waals surface area contributed by atoms with Crippen molar-refractivity contribution in [2.45, 2.75) is 18.3 Å². The Morgan fingerprint density at radius 3 is 2.18 bits per heavy atom. The van der Waals surface area contributed by atoms with E-state index in [4.69, 9.17) is 26.1 Å². The molecule has 0 aliphatic heterocycles. The van der Waals surface area contributed by atoms with E-state index in [2.05, 4.69) is 79.4 Å². The molecule has 0 fully saturated rings. The fourth-order valence-electron chi connectivity index (χ4n) is 5.36. The van der Waals surface area contributed by atoms with E-state index in [1.807, 2.05) is 36.4 Å². The largest absolute Gasteiger partial charge is 0.481 e. The molecule has 0 spiro atoms. The summed E-state index contributed by atoms with van der Waals surface area (Å²) in [6.45, 7) is 4.14. The van der Waals surface area contributed by atoms with E-state index in [-0.39, 0.29) is 11.8 Å². The molecule has 0 bridgehead atoms. The molecule has 190 valence electrons. The Labute approximate surface area is 229 Å². The molecule has 0 N–H and O–H groups in total.